The molecule has 5 atom stereocenters. The van der Waals surface area contributed by atoms with Crippen LogP contribution >= 0.6 is 12.2 Å². The number of rotatable bonds is 4. The van der Waals surface area contributed by atoms with E-state index in [1.807, 2.05) is 0 Å². The van der Waals surface area contributed by atoms with Crippen LogP contribution in [0.4, 0.5) is 0 Å². The van der Waals surface area contributed by atoms with Crippen molar-refractivity contribution in [3.05, 3.63) is 35.9 Å². The van der Waals surface area contributed by atoms with Crippen LogP contribution in [0.3, 0.4) is 0 Å². The van der Waals surface area contributed by atoms with Crippen molar-refractivity contribution in [2.24, 2.45) is 28.9 Å². The lowest BCUT2D eigenvalue weighted by molar-refractivity contribution is 0.248. The summed E-state index contributed by atoms with van der Waals surface area (Å²) in [5.41, 5.74) is 8.33. The van der Waals surface area contributed by atoms with E-state index in [1.165, 1.54) is 32.1 Å². The molecule has 0 spiro atoms. The van der Waals surface area contributed by atoms with E-state index < -0.39 is 0 Å². The molecule has 0 saturated heterocycles. The lowest BCUT2D eigenvalue weighted by atomic mass is 9.70. The molecule has 1 aromatic rings. The van der Waals surface area contributed by atoms with E-state index in [9.17, 15) is 0 Å². The first-order valence-corrected chi connectivity index (χ1v) is 8.40. The second kappa shape index (κ2) is 4.07. The topological polar surface area (TPSA) is 26.0 Å². The summed E-state index contributed by atoms with van der Waals surface area (Å²) < 4.78 is 0. The van der Waals surface area contributed by atoms with Gasteiger partial charge in [0.25, 0.3) is 0 Å². The maximum absolute atomic E-state index is 6.21. The fraction of sp³-hybridized carbons (Fsp3) is 0.611. The van der Waals surface area contributed by atoms with Crippen molar-refractivity contribution in [2.45, 2.75) is 44.4 Å². The second-order valence-corrected chi connectivity index (χ2v) is 7.73. The van der Waals surface area contributed by atoms with Crippen molar-refractivity contribution >= 4 is 17.2 Å². The number of hydrogen-bond acceptors (Lipinski definition) is 1. The van der Waals surface area contributed by atoms with Crippen LogP contribution in [0.15, 0.2) is 30.3 Å². The van der Waals surface area contributed by atoms with Crippen molar-refractivity contribution in [1.82, 2.24) is 0 Å². The molecule has 2 N–H and O–H groups in total. The van der Waals surface area contributed by atoms with Crippen LogP contribution in [0.2, 0.25) is 0 Å². The van der Waals surface area contributed by atoms with Gasteiger partial charge in [-0.15, -0.1) is 0 Å². The lowest BCUT2D eigenvalue weighted by Gasteiger charge is -2.34. The Kier molecular flexibility index (Phi) is 2.61. The largest absolute Gasteiger partial charge is 0.393 e. The second-order valence-electron chi connectivity index (χ2n) is 7.29. The molecule has 0 aliphatic heterocycles. The van der Waals surface area contributed by atoms with Crippen LogP contribution < -0.4 is 5.73 Å². The van der Waals surface area contributed by atoms with Crippen LogP contribution in [-0.4, -0.2) is 4.99 Å². The van der Waals surface area contributed by atoms with Crippen LogP contribution in [0.1, 0.15) is 44.6 Å². The minimum absolute atomic E-state index is 0.190. The lowest BCUT2D eigenvalue weighted by Crippen LogP contribution is -2.37. The van der Waals surface area contributed by atoms with Gasteiger partial charge in [0.15, 0.2) is 0 Å². The van der Waals surface area contributed by atoms with Gasteiger partial charge in [0.2, 0.25) is 0 Å². The molecule has 0 aromatic heterocycles. The first-order chi connectivity index (χ1) is 9.64. The normalized spacial score (nSPS) is 44.4. The zero-order valence-electron chi connectivity index (χ0n) is 12.1. The van der Waals surface area contributed by atoms with Crippen LogP contribution in [0.25, 0.3) is 0 Å². The summed E-state index contributed by atoms with van der Waals surface area (Å²) in [6.45, 7) is 2.31. The van der Waals surface area contributed by atoms with E-state index in [1.54, 1.807) is 5.56 Å². The van der Waals surface area contributed by atoms with Gasteiger partial charge in [-0.1, -0.05) is 62.3 Å². The molecule has 1 nitrogen and oxygen atoms in total. The molecule has 0 radical (unpaired) electrons. The van der Waals surface area contributed by atoms with Crippen molar-refractivity contribution < 1.29 is 0 Å². The summed E-state index contributed by atoms with van der Waals surface area (Å²) in [4.78, 5) is 0.807. The molecule has 5 unspecified atom stereocenters. The van der Waals surface area contributed by atoms with Crippen LogP contribution in [0.5, 0.6) is 0 Å². The third kappa shape index (κ3) is 1.32. The predicted molar refractivity (Wildman–Crippen MR) is 86.6 cm³/mol. The van der Waals surface area contributed by atoms with Gasteiger partial charge < -0.3 is 5.73 Å². The Morgan fingerprint density at radius 1 is 1.25 bits per heavy atom. The van der Waals surface area contributed by atoms with Gasteiger partial charge in [0, 0.05) is 5.41 Å². The molecule has 4 bridgehead atoms. The van der Waals surface area contributed by atoms with E-state index in [2.05, 4.69) is 37.3 Å². The third-order valence-electron chi connectivity index (χ3n) is 6.71. The fourth-order valence-electron chi connectivity index (χ4n) is 6.16. The van der Waals surface area contributed by atoms with Gasteiger partial charge in [0.05, 0.1) is 4.99 Å². The van der Waals surface area contributed by atoms with Crippen molar-refractivity contribution in [2.75, 3.05) is 0 Å². The van der Waals surface area contributed by atoms with Crippen molar-refractivity contribution in [1.29, 1.82) is 0 Å². The first kappa shape index (κ1) is 12.8. The van der Waals surface area contributed by atoms with Gasteiger partial charge in [0.1, 0.15) is 0 Å². The summed E-state index contributed by atoms with van der Waals surface area (Å²) in [5.74, 6) is 2.43. The van der Waals surface area contributed by atoms with Gasteiger partial charge >= 0.3 is 0 Å². The quantitative estimate of drug-likeness (QED) is 0.844. The summed E-state index contributed by atoms with van der Waals surface area (Å²) in [6, 6.07) is 11.2. The Labute approximate surface area is 126 Å². The fourth-order valence-corrected chi connectivity index (χ4v) is 6.47. The Hall–Kier alpha value is -0.890. The van der Waals surface area contributed by atoms with Crippen LogP contribution in [-0.2, 0) is 5.41 Å². The molecule has 0 heterocycles. The molecule has 2 heteroatoms. The minimum atomic E-state index is 0.190. The SMILES string of the molecule is CCCC1C2CC3(c4ccccc4)CC2(C(N)=S)CC13. The maximum Gasteiger partial charge on any atom is 0.0793 e. The Morgan fingerprint density at radius 3 is 2.60 bits per heavy atom. The zero-order valence-corrected chi connectivity index (χ0v) is 13.0. The highest BCUT2D eigenvalue weighted by Gasteiger charge is 2.75. The van der Waals surface area contributed by atoms with Gasteiger partial charge in [-0.05, 0) is 48.0 Å². The number of benzene rings is 1. The van der Waals surface area contributed by atoms with E-state index in [0.29, 0.717) is 5.41 Å². The van der Waals surface area contributed by atoms with E-state index >= 15 is 0 Å². The van der Waals surface area contributed by atoms with Crippen molar-refractivity contribution in [3.63, 3.8) is 0 Å². The monoisotopic (exact) mass is 285 g/mol. The van der Waals surface area contributed by atoms with Crippen LogP contribution in [0, 0.1) is 23.2 Å². The smallest absolute Gasteiger partial charge is 0.0793 e. The molecule has 5 rings (SSSR count). The molecule has 4 aliphatic carbocycles. The van der Waals surface area contributed by atoms with Gasteiger partial charge in [-0.2, -0.15) is 0 Å². The van der Waals surface area contributed by atoms with E-state index in [4.69, 9.17) is 18.0 Å². The summed E-state index contributed by atoms with van der Waals surface area (Å²) in [5, 5.41) is 0. The molecular weight excluding hydrogens is 262 g/mol. The number of hydrogen-bond donors (Lipinski definition) is 1. The average Bonchev–Trinajstić information content (AvgIpc) is 3.13. The van der Waals surface area contributed by atoms with E-state index in [-0.39, 0.29) is 5.41 Å². The first-order valence-electron chi connectivity index (χ1n) is 7.99. The maximum atomic E-state index is 6.21. The number of nitrogens with two attached hydrogens (primary N) is 1. The molecule has 1 aromatic carbocycles. The number of thiocarbonyl (C=S) groups is 1. The highest BCUT2D eigenvalue weighted by Crippen LogP contribution is 2.78. The third-order valence-corrected chi connectivity index (χ3v) is 7.12. The molecule has 20 heavy (non-hydrogen) atoms. The Balaban J connectivity index is 1.80. The Morgan fingerprint density at radius 2 is 2.00 bits per heavy atom. The van der Waals surface area contributed by atoms with Crippen molar-refractivity contribution in [3.8, 4) is 0 Å². The Bertz CT molecular complexity index is 554. The highest BCUT2D eigenvalue weighted by atomic mass is 32.1. The molecule has 4 fully saturated rings. The van der Waals surface area contributed by atoms with Gasteiger partial charge in [-0.3, -0.25) is 0 Å². The predicted octanol–water partition coefficient (Wildman–Crippen LogP) is 4.06. The molecule has 4 saturated carbocycles. The zero-order chi connectivity index (χ0) is 14.0. The standard InChI is InChI=1S/C18H23NS/c1-2-6-13-14-10-18(16(19)20)11-17(14,9-15(13)18)12-7-4-3-5-8-12/h3-5,7-8,13-15H,2,6,9-11H2,1H3,(H2,19,20). The summed E-state index contributed by atoms with van der Waals surface area (Å²) >= 11 is 5.51. The molecular formula is C18H23NS. The summed E-state index contributed by atoms with van der Waals surface area (Å²) in [6.07, 6.45) is 6.44. The molecule has 0 amide bonds. The molecule has 106 valence electrons. The summed E-state index contributed by atoms with van der Waals surface area (Å²) in [7, 11) is 0. The molecule has 4 aliphatic rings. The van der Waals surface area contributed by atoms with E-state index in [0.717, 1.165) is 22.7 Å². The highest BCUT2D eigenvalue weighted by molar-refractivity contribution is 7.80. The van der Waals surface area contributed by atoms with Gasteiger partial charge in [-0.25, -0.2) is 0 Å². The minimum Gasteiger partial charge on any atom is -0.393 e. The average molecular weight is 285 g/mol.